The Morgan fingerprint density at radius 3 is 2.37 bits per heavy atom. The highest BCUT2D eigenvalue weighted by Gasteiger charge is 2.19. The third-order valence-electron chi connectivity index (χ3n) is 5.35. The molecule has 0 aliphatic carbocycles. The first kappa shape index (κ1) is 21.8. The maximum atomic E-state index is 13.1. The van der Waals surface area contributed by atoms with Crippen LogP contribution in [-0.4, -0.2) is 65.9 Å². The molecular formula is C24H33N5O. The van der Waals surface area contributed by atoms with E-state index in [1.54, 1.807) is 4.90 Å². The molecule has 1 aromatic carbocycles. The molecule has 0 saturated carbocycles. The smallest absolute Gasteiger partial charge is 0.255 e. The highest BCUT2D eigenvalue weighted by Crippen LogP contribution is 2.24. The molecule has 0 bridgehead atoms. The van der Waals surface area contributed by atoms with E-state index in [-0.39, 0.29) is 5.91 Å². The van der Waals surface area contributed by atoms with Crippen LogP contribution in [0.2, 0.25) is 0 Å². The van der Waals surface area contributed by atoms with Gasteiger partial charge in [-0.1, -0.05) is 37.3 Å². The first-order chi connectivity index (χ1) is 14.4. The molecule has 3 rings (SSSR count). The Labute approximate surface area is 179 Å². The van der Waals surface area contributed by atoms with E-state index < -0.39 is 0 Å². The number of carbonyl (C=O) groups is 1. The summed E-state index contributed by atoms with van der Waals surface area (Å²) in [5.74, 6) is 1.10. The summed E-state index contributed by atoms with van der Waals surface area (Å²) in [6.45, 7) is 7.64. The quantitative estimate of drug-likeness (QED) is 0.544. The summed E-state index contributed by atoms with van der Waals surface area (Å²) in [5, 5.41) is 0. The molecule has 2 heterocycles. The van der Waals surface area contributed by atoms with E-state index in [9.17, 15) is 4.79 Å². The average Bonchev–Trinajstić information content (AvgIpc) is 3.12. The number of likely N-dealkylation sites (N-methyl/N-ethyl adjacent to an activating group) is 2. The van der Waals surface area contributed by atoms with Crippen molar-refractivity contribution in [3.05, 3.63) is 65.5 Å². The van der Waals surface area contributed by atoms with Crippen LogP contribution in [0, 0.1) is 0 Å². The first-order valence-electron chi connectivity index (χ1n) is 10.6. The molecule has 3 aromatic rings. The third kappa shape index (κ3) is 4.82. The standard InChI is InChI=1S/C24H33N5O/c1-6-21-23(28(7-2)16-15-26(3)4)29-18-20(13-14-22(29)25-21)24(30)27(5)17-19-11-9-8-10-12-19/h8-14,18H,6-7,15-17H2,1-5H3. The molecule has 0 aliphatic rings. The molecule has 1 amide bonds. The Bertz CT molecular complexity index is 980. The second-order valence-electron chi connectivity index (χ2n) is 7.91. The average molecular weight is 408 g/mol. The third-order valence-corrected chi connectivity index (χ3v) is 5.35. The normalized spacial score (nSPS) is 11.3. The second-order valence-corrected chi connectivity index (χ2v) is 7.91. The Morgan fingerprint density at radius 2 is 1.73 bits per heavy atom. The van der Waals surface area contributed by atoms with Gasteiger partial charge in [0.05, 0.1) is 11.3 Å². The SMILES string of the molecule is CCc1nc2ccc(C(=O)N(C)Cc3ccccc3)cn2c1N(CC)CCN(C)C. The molecule has 2 aromatic heterocycles. The van der Waals surface area contributed by atoms with Crippen LogP contribution in [0.5, 0.6) is 0 Å². The van der Waals surface area contributed by atoms with Crippen molar-refractivity contribution in [2.24, 2.45) is 0 Å². The van der Waals surface area contributed by atoms with E-state index in [1.807, 2.05) is 55.7 Å². The first-order valence-corrected chi connectivity index (χ1v) is 10.6. The van der Waals surface area contributed by atoms with Crippen molar-refractivity contribution in [1.29, 1.82) is 0 Å². The maximum Gasteiger partial charge on any atom is 0.255 e. The summed E-state index contributed by atoms with van der Waals surface area (Å²) in [6.07, 6.45) is 2.80. The van der Waals surface area contributed by atoms with E-state index in [0.29, 0.717) is 12.1 Å². The van der Waals surface area contributed by atoms with E-state index in [2.05, 4.69) is 42.1 Å². The molecule has 30 heavy (non-hydrogen) atoms. The highest BCUT2D eigenvalue weighted by molar-refractivity contribution is 5.94. The van der Waals surface area contributed by atoms with Gasteiger partial charge in [-0.2, -0.15) is 0 Å². The van der Waals surface area contributed by atoms with Gasteiger partial charge in [-0.05, 0) is 45.1 Å². The molecular weight excluding hydrogens is 374 g/mol. The minimum absolute atomic E-state index is 0.00907. The molecule has 0 spiro atoms. The fraction of sp³-hybridized carbons (Fsp3) is 0.417. The van der Waals surface area contributed by atoms with E-state index in [0.717, 1.165) is 48.8 Å². The van der Waals surface area contributed by atoms with Gasteiger partial charge in [0.1, 0.15) is 11.5 Å². The molecule has 160 valence electrons. The van der Waals surface area contributed by atoms with Gasteiger partial charge >= 0.3 is 0 Å². The number of aromatic nitrogens is 2. The summed E-state index contributed by atoms with van der Waals surface area (Å²) in [5.41, 5.74) is 3.74. The largest absolute Gasteiger partial charge is 0.355 e. The Morgan fingerprint density at radius 1 is 1.00 bits per heavy atom. The topological polar surface area (TPSA) is 44.1 Å². The molecule has 0 N–H and O–H groups in total. The van der Waals surface area contributed by atoms with Crippen LogP contribution in [-0.2, 0) is 13.0 Å². The number of hydrogen-bond donors (Lipinski definition) is 0. The van der Waals surface area contributed by atoms with Gasteiger partial charge in [0.15, 0.2) is 0 Å². The van der Waals surface area contributed by atoms with Crippen molar-refractivity contribution in [3.63, 3.8) is 0 Å². The highest BCUT2D eigenvalue weighted by atomic mass is 16.2. The number of aryl methyl sites for hydroxylation is 1. The van der Waals surface area contributed by atoms with Crippen LogP contribution in [0.3, 0.4) is 0 Å². The number of amides is 1. The Kier molecular flexibility index (Phi) is 7.11. The fourth-order valence-corrected chi connectivity index (χ4v) is 3.66. The number of carbonyl (C=O) groups excluding carboxylic acids is 1. The van der Waals surface area contributed by atoms with Crippen molar-refractivity contribution in [3.8, 4) is 0 Å². The number of fused-ring (bicyclic) bond motifs is 1. The van der Waals surface area contributed by atoms with Crippen molar-refractivity contribution in [2.45, 2.75) is 26.8 Å². The van der Waals surface area contributed by atoms with Crippen molar-refractivity contribution >= 4 is 17.4 Å². The number of nitrogens with zero attached hydrogens (tertiary/aromatic N) is 5. The van der Waals surface area contributed by atoms with Crippen LogP contribution in [0.1, 0.15) is 35.5 Å². The number of imidazole rings is 1. The zero-order chi connectivity index (χ0) is 21.7. The lowest BCUT2D eigenvalue weighted by Crippen LogP contribution is -2.33. The summed E-state index contributed by atoms with van der Waals surface area (Å²) >= 11 is 0. The van der Waals surface area contributed by atoms with Crippen LogP contribution in [0.15, 0.2) is 48.7 Å². The lowest BCUT2D eigenvalue weighted by molar-refractivity contribution is 0.0784. The Balaban J connectivity index is 1.93. The summed E-state index contributed by atoms with van der Waals surface area (Å²) in [7, 11) is 6.02. The molecule has 0 unspecified atom stereocenters. The monoisotopic (exact) mass is 407 g/mol. The van der Waals surface area contributed by atoms with E-state index in [1.165, 1.54) is 0 Å². The van der Waals surface area contributed by atoms with Crippen molar-refractivity contribution < 1.29 is 4.79 Å². The number of anilines is 1. The molecule has 0 radical (unpaired) electrons. The van der Waals surface area contributed by atoms with Gasteiger partial charge in [0.25, 0.3) is 5.91 Å². The van der Waals surface area contributed by atoms with Crippen LogP contribution in [0.4, 0.5) is 5.82 Å². The lowest BCUT2D eigenvalue weighted by atomic mass is 10.2. The predicted molar refractivity (Wildman–Crippen MR) is 123 cm³/mol. The lowest BCUT2D eigenvalue weighted by Gasteiger charge is -2.25. The van der Waals surface area contributed by atoms with Gasteiger partial charge in [0.2, 0.25) is 0 Å². The molecule has 0 fully saturated rings. The van der Waals surface area contributed by atoms with Gasteiger partial charge < -0.3 is 14.7 Å². The molecule has 0 aliphatic heterocycles. The molecule has 6 nitrogen and oxygen atoms in total. The minimum Gasteiger partial charge on any atom is -0.355 e. The zero-order valence-electron chi connectivity index (χ0n) is 18.8. The number of benzene rings is 1. The molecule has 0 atom stereocenters. The number of hydrogen-bond acceptors (Lipinski definition) is 4. The zero-order valence-corrected chi connectivity index (χ0v) is 18.8. The van der Waals surface area contributed by atoms with Crippen LogP contribution in [0.25, 0.3) is 5.65 Å². The van der Waals surface area contributed by atoms with Crippen LogP contribution < -0.4 is 4.90 Å². The molecule has 6 heteroatoms. The predicted octanol–water partition coefficient (Wildman–Crippen LogP) is 3.56. The van der Waals surface area contributed by atoms with Gasteiger partial charge in [-0.3, -0.25) is 9.20 Å². The Hall–Kier alpha value is -2.86. The summed E-state index contributed by atoms with van der Waals surface area (Å²) < 4.78 is 2.08. The van der Waals surface area contributed by atoms with E-state index >= 15 is 0 Å². The van der Waals surface area contributed by atoms with Crippen molar-refractivity contribution in [2.75, 3.05) is 45.7 Å². The van der Waals surface area contributed by atoms with Crippen molar-refractivity contribution in [1.82, 2.24) is 19.2 Å². The van der Waals surface area contributed by atoms with Gasteiger partial charge in [0, 0.05) is 39.4 Å². The van der Waals surface area contributed by atoms with Gasteiger partial charge in [-0.15, -0.1) is 0 Å². The van der Waals surface area contributed by atoms with Gasteiger partial charge in [-0.25, -0.2) is 4.98 Å². The van der Waals surface area contributed by atoms with E-state index in [4.69, 9.17) is 4.98 Å². The maximum absolute atomic E-state index is 13.1. The van der Waals surface area contributed by atoms with Crippen LogP contribution >= 0.6 is 0 Å². The fourth-order valence-electron chi connectivity index (χ4n) is 3.66. The second kappa shape index (κ2) is 9.76. The molecule has 0 saturated heterocycles. The summed E-state index contributed by atoms with van der Waals surface area (Å²) in [4.78, 5) is 24.2. The minimum atomic E-state index is 0.00907. The number of pyridine rings is 1. The number of rotatable bonds is 9. The summed E-state index contributed by atoms with van der Waals surface area (Å²) in [6, 6.07) is 13.9.